The van der Waals surface area contributed by atoms with Crippen LogP contribution in [0.25, 0.3) is 22.2 Å². The molecule has 0 spiro atoms. The van der Waals surface area contributed by atoms with E-state index in [0.717, 1.165) is 27.9 Å². The van der Waals surface area contributed by atoms with Crippen molar-refractivity contribution in [2.75, 3.05) is 26.9 Å². The van der Waals surface area contributed by atoms with Crippen molar-refractivity contribution in [2.24, 2.45) is 0 Å². The van der Waals surface area contributed by atoms with Crippen LogP contribution in [0.5, 0.6) is 5.75 Å². The fourth-order valence-corrected chi connectivity index (χ4v) is 3.63. The Morgan fingerprint density at radius 1 is 1.24 bits per heavy atom. The smallest absolute Gasteiger partial charge is 0.255 e. The number of fused-ring (bicyclic) bond motifs is 1. The molecule has 0 bridgehead atoms. The van der Waals surface area contributed by atoms with Gasteiger partial charge >= 0.3 is 0 Å². The molecule has 1 amide bonds. The maximum Gasteiger partial charge on any atom is 0.255 e. The molecular weight excluding hydrogens is 368 g/mol. The maximum atomic E-state index is 13.5. The zero-order chi connectivity index (χ0) is 20.4. The summed E-state index contributed by atoms with van der Waals surface area (Å²) in [6, 6.07) is 17.1. The normalized spacial score (nSPS) is 19.3. The van der Waals surface area contributed by atoms with Gasteiger partial charge in [-0.1, -0.05) is 18.2 Å². The van der Waals surface area contributed by atoms with Crippen LogP contribution in [0.4, 0.5) is 0 Å². The predicted octanol–water partition coefficient (Wildman–Crippen LogP) is 3.13. The second kappa shape index (κ2) is 8.19. The van der Waals surface area contributed by atoms with Crippen LogP contribution >= 0.6 is 0 Å². The number of pyridine rings is 1. The number of methoxy groups -OCH3 is 1. The molecule has 2 aromatic carbocycles. The van der Waals surface area contributed by atoms with Gasteiger partial charge in [0, 0.05) is 17.5 Å². The van der Waals surface area contributed by atoms with Crippen LogP contribution < -0.4 is 4.74 Å². The van der Waals surface area contributed by atoms with Gasteiger partial charge in [-0.05, 0) is 43.3 Å². The molecule has 2 unspecified atom stereocenters. The minimum atomic E-state index is -0.357. The Kier molecular flexibility index (Phi) is 5.47. The van der Waals surface area contributed by atoms with Crippen molar-refractivity contribution in [1.29, 1.82) is 0 Å². The minimum Gasteiger partial charge on any atom is -0.497 e. The van der Waals surface area contributed by atoms with Crippen molar-refractivity contribution in [2.45, 2.75) is 19.1 Å². The standard InChI is InChI=1S/C23H24N2O4/c1-15-14-29-18(13-26)12-25(15)23(27)20-11-22(16-7-9-17(28-2)10-8-16)24-21-6-4-3-5-19(20)21/h3-11,15,18,26H,12-14H2,1-2H3. The Bertz CT molecular complexity index is 1020. The lowest BCUT2D eigenvalue weighted by Gasteiger charge is -2.37. The molecule has 1 aromatic heterocycles. The summed E-state index contributed by atoms with van der Waals surface area (Å²) in [6.07, 6.45) is -0.357. The summed E-state index contributed by atoms with van der Waals surface area (Å²) in [5, 5.41) is 10.3. The molecule has 1 fully saturated rings. The molecule has 4 rings (SSSR count). The van der Waals surface area contributed by atoms with Crippen molar-refractivity contribution in [3.05, 3.63) is 60.2 Å². The lowest BCUT2D eigenvalue weighted by Crippen LogP contribution is -2.52. The monoisotopic (exact) mass is 392 g/mol. The minimum absolute atomic E-state index is 0.0679. The summed E-state index contributed by atoms with van der Waals surface area (Å²) in [4.78, 5) is 20.1. The Morgan fingerprint density at radius 2 is 2.00 bits per heavy atom. The predicted molar refractivity (Wildman–Crippen MR) is 111 cm³/mol. The molecule has 2 heterocycles. The summed E-state index contributed by atoms with van der Waals surface area (Å²) in [7, 11) is 1.63. The van der Waals surface area contributed by atoms with Crippen LogP contribution in [0.3, 0.4) is 0 Å². The molecule has 2 atom stereocenters. The molecule has 1 saturated heterocycles. The zero-order valence-corrected chi connectivity index (χ0v) is 16.5. The number of amides is 1. The molecule has 0 aliphatic carbocycles. The second-order valence-electron chi connectivity index (χ2n) is 7.25. The van der Waals surface area contributed by atoms with E-state index in [1.54, 1.807) is 12.0 Å². The van der Waals surface area contributed by atoms with Crippen LogP contribution in [0.1, 0.15) is 17.3 Å². The summed E-state index contributed by atoms with van der Waals surface area (Å²) in [5.41, 5.74) is 3.01. The number of carbonyl (C=O) groups excluding carboxylic acids is 1. The Labute approximate surface area is 169 Å². The highest BCUT2D eigenvalue weighted by molar-refractivity contribution is 6.07. The van der Waals surface area contributed by atoms with Crippen molar-refractivity contribution < 1.29 is 19.4 Å². The molecule has 3 aromatic rings. The van der Waals surface area contributed by atoms with Gasteiger partial charge in [-0.3, -0.25) is 4.79 Å². The first-order valence-electron chi connectivity index (χ1n) is 9.68. The Morgan fingerprint density at radius 3 is 2.72 bits per heavy atom. The molecule has 150 valence electrons. The number of aliphatic hydroxyl groups is 1. The quantitative estimate of drug-likeness (QED) is 0.739. The molecule has 1 aliphatic rings. The van der Waals surface area contributed by atoms with Crippen LogP contribution in [0.15, 0.2) is 54.6 Å². The van der Waals surface area contributed by atoms with Gasteiger partial charge in [-0.25, -0.2) is 4.98 Å². The van der Waals surface area contributed by atoms with Gasteiger partial charge in [0.25, 0.3) is 5.91 Å². The van der Waals surface area contributed by atoms with Crippen LogP contribution in [0.2, 0.25) is 0 Å². The van der Waals surface area contributed by atoms with E-state index in [0.29, 0.717) is 18.7 Å². The summed E-state index contributed by atoms with van der Waals surface area (Å²) < 4.78 is 10.8. The zero-order valence-electron chi connectivity index (χ0n) is 16.5. The fourth-order valence-electron chi connectivity index (χ4n) is 3.63. The Hall–Kier alpha value is -2.96. The molecule has 1 N–H and O–H groups in total. The van der Waals surface area contributed by atoms with Crippen molar-refractivity contribution >= 4 is 16.8 Å². The molecule has 0 radical (unpaired) electrons. The van der Waals surface area contributed by atoms with Gasteiger partial charge in [0.2, 0.25) is 0 Å². The van der Waals surface area contributed by atoms with E-state index in [4.69, 9.17) is 14.5 Å². The van der Waals surface area contributed by atoms with E-state index in [1.807, 2.05) is 61.5 Å². The van der Waals surface area contributed by atoms with Crippen LogP contribution in [-0.4, -0.2) is 59.9 Å². The van der Waals surface area contributed by atoms with Crippen molar-refractivity contribution in [3.63, 3.8) is 0 Å². The first-order valence-corrected chi connectivity index (χ1v) is 9.68. The largest absolute Gasteiger partial charge is 0.497 e. The first kappa shape index (κ1) is 19.4. The number of hydrogen-bond donors (Lipinski definition) is 1. The van der Waals surface area contributed by atoms with E-state index in [2.05, 4.69) is 0 Å². The van der Waals surface area contributed by atoms with Crippen LogP contribution in [0, 0.1) is 0 Å². The number of para-hydroxylation sites is 1. The third-order valence-electron chi connectivity index (χ3n) is 5.30. The number of carbonyl (C=O) groups is 1. The lowest BCUT2D eigenvalue weighted by atomic mass is 10.0. The average molecular weight is 392 g/mol. The molecule has 6 nitrogen and oxygen atoms in total. The summed E-state index contributed by atoms with van der Waals surface area (Å²) in [6.45, 7) is 2.63. The van der Waals surface area contributed by atoms with E-state index >= 15 is 0 Å². The van der Waals surface area contributed by atoms with Gasteiger partial charge in [-0.15, -0.1) is 0 Å². The number of hydrogen-bond acceptors (Lipinski definition) is 5. The van der Waals surface area contributed by atoms with Crippen LogP contribution in [-0.2, 0) is 4.74 Å². The number of benzene rings is 2. The number of aliphatic hydroxyl groups excluding tert-OH is 1. The molecule has 0 saturated carbocycles. The van der Waals surface area contributed by atoms with E-state index in [-0.39, 0.29) is 24.7 Å². The lowest BCUT2D eigenvalue weighted by molar-refractivity contribution is -0.0666. The van der Waals surface area contributed by atoms with E-state index < -0.39 is 0 Å². The van der Waals surface area contributed by atoms with Crippen molar-refractivity contribution in [1.82, 2.24) is 9.88 Å². The number of ether oxygens (including phenoxy) is 2. The summed E-state index contributed by atoms with van der Waals surface area (Å²) in [5.74, 6) is 0.690. The number of aromatic nitrogens is 1. The van der Waals surface area contributed by atoms with Gasteiger partial charge in [0.15, 0.2) is 0 Å². The van der Waals surface area contributed by atoms with Gasteiger partial charge in [0.1, 0.15) is 5.75 Å². The molecule has 6 heteroatoms. The van der Waals surface area contributed by atoms with E-state index in [9.17, 15) is 9.90 Å². The first-order chi connectivity index (χ1) is 14.1. The Balaban J connectivity index is 1.79. The SMILES string of the molecule is COc1ccc(-c2cc(C(=O)N3CC(CO)OCC3C)c3ccccc3n2)cc1. The fraction of sp³-hybridized carbons (Fsp3) is 0.304. The number of morpholine rings is 1. The topological polar surface area (TPSA) is 71.9 Å². The van der Waals surface area contributed by atoms with Gasteiger partial charge in [0.05, 0.1) is 49.2 Å². The number of nitrogens with zero attached hydrogens (tertiary/aromatic N) is 2. The molecular formula is C23H24N2O4. The number of rotatable bonds is 4. The highest BCUT2D eigenvalue weighted by Gasteiger charge is 2.31. The average Bonchev–Trinajstić information content (AvgIpc) is 2.78. The highest BCUT2D eigenvalue weighted by atomic mass is 16.5. The third-order valence-corrected chi connectivity index (χ3v) is 5.30. The highest BCUT2D eigenvalue weighted by Crippen LogP contribution is 2.28. The summed E-state index contributed by atoms with van der Waals surface area (Å²) >= 11 is 0. The maximum absolute atomic E-state index is 13.5. The van der Waals surface area contributed by atoms with Gasteiger partial charge < -0.3 is 19.5 Å². The molecule has 1 aliphatic heterocycles. The third kappa shape index (κ3) is 3.81. The second-order valence-corrected chi connectivity index (χ2v) is 7.25. The molecule has 29 heavy (non-hydrogen) atoms. The van der Waals surface area contributed by atoms with Crippen molar-refractivity contribution in [3.8, 4) is 17.0 Å². The van der Waals surface area contributed by atoms with Gasteiger partial charge in [-0.2, -0.15) is 0 Å². The van der Waals surface area contributed by atoms with E-state index in [1.165, 1.54) is 0 Å².